The predicted octanol–water partition coefficient (Wildman–Crippen LogP) is 15.4. The number of carbonyl (C=O) groups excluding carboxylic acids is 4. The quantitative estimate of drug-likeness (QED) is 0.0252. The van der Waals surface area contributed by atoms with E-state index in [1.807, 2.05) is 91.1 Å². The number of ketones is 1. The number of benzene rings is 6. The largest absolute Gasteiger partial charge is 0.465 e. The van der Waals surface area contributed by atoms with E-state index in [0.717, 1.165) is 91.2 Å². The summed E-state index contributed by atoms with van der Waals surface area (Å²) in [6.45, 7) is 5.23. The number of methoxy groups -OCH3 is 7. The molecular formula is C71H77Br3N4O11. The Hall–Kier alpha value is -7.16. The van der Waals surface area contributed by atoms with E-state index in [1.165, 1.54) is 80.0 Å². The lowest BCUT2D eigenvalue weighted by molar-refractivity contribution is 0.0592. The molecule has 15 nitrogen and oxygen atoms in total. The van der Waals surface area contributed by atoms with Crippen LogP contribution in [0.5, 0.6) is 0 Å². The third-order valence-corrected chi connectivity index (χ3v) is 17.3. The van der Waals surface area contributed by atoms with Crippen molar-refractivity contribution in [2.24, 2.45) is 0 Å². The van der Waals surface area contributed by atoms with Crippen molar-refractivity contribution in [2.45, 2.75) is 70.0 Å². The normalized spacial score (nSPS) is 12.9. The van der Waals surface area contributed by atoms with Crippen molar-refractivity contribution >= 4 is 114 Å². The van der Waals surface area contributed by atoms with Gasteiger partial charge in [-0.05, 0) is 178 Å². The van der Waals surface area contributed by atoms with Crippen LogP contribution in [0.4, 0.5) is 5.69 Å². The van der Waals surface area contributed by atoms with Gasteiger partial charge in [0, 0.05) is 131 Å². The summed E-state index contributed by atoms with van der Waals surface area (Å²) in [4.78, 5) is 47.7. The highest BCUT2D eigenvalue weighted by atomic mass is 79.9. The third kappa shape index (κ3) is 17.6. The number of nitrogen functional groups attached to an aromatic ring is 1. The number of anilines is 1. The molecular weight excluding hydrogens is 1320 g/mol. The number of allylic oxidation sites excluding steroid dienone is 1. The summed E-state index contributed by atoms with van der Waals surface area (Å²) < 4.78 is 42.9. The number of esters is 3. The van der Waals surface area contributed by atoms with Gasteiger partial charge in [-0.25, -0.2) is 14.4 Å². The minimum absolute atomic E-state index is 0.0928. The number of hydrogen-bond acceptors (Lipinski definition) is 12. The Morgan fingerprint density at radius 2 is 0.966 bits per heavy atom. The maximum Gasteiger partial charge on any atom is 0.337 e. The van der Waals surface area contributed by atoms with Crippen LogP contribution in [0.2, 0.25) is 0 Å². The molecule has 0 unspecified atom stereocenters. The van der Waals surface area contributed by atoms with Crippen molar-refractivity contribution < 1.29 is 52.3 Å². The van der Waals surface area contributed by atoms with Gasteiger partial charge >= 0.3 is 17.9 Å². The smallest absolute Gasteiger partial charge is 0.337 e. The molecule has 12 rings (SSSR count). The Bertz CT molecular complexity index is 3930. The van der Waals surface area contributed by atoms with Gasteiger partial charge in [-0.2, -0.15) is 0 Å². The number of aromatic nitrogens is 3. The molecule has 2 fully saturated rings. The van der Waals surface area contributed by atoms with Crippen molar-refractivity contribution in [3.05, 3.63) is 201 Å². The predicted molar refractivity (Wildman–Crippen MR) is 364 cm³/mol. The first kappa shape index (κ1) is 67.8. The molecule has 2 N–H and O–H groups in total. The Morgan fingerprint density at radius 1 is 0.506 bits per heavy atom. The third-order valence-electron chi connectivity index (χ3n) is 15.6. The first-order valence-electron chi connectivity index (χ1n) is 29.5. The molecule has 2 saturated carbocycles. The van der Waals surface area contributed by atoms with Gasteiger partial charge in [0.2, 0.25) is 0 Å². The van der Waals surface area contributed by atoms with Crippen LogP contribution in [0.25, 0.3) is 48.3 Å². The number of halogens is 3. The molecule has 0 atom stereocenters. The van der Waals surface area contributed by atoms with Gasteiger partial charge in [0.05, 0.1) is 64.4 Å². The summed E-state index contributed by atoms with van der Waals surface area (Å²) in [6, 6.07) is 39.1. The molecule has 0 saturated heterocycles. The van der Waals surface area contributed by atoms with E-state index in [-0.39, 0.29) is 23.7 Å². The molecule has 0 aliphatic heterocycles. The summed E-state index contributed by atoms with van der Waals surface area (Å²) >= 11 is 10.1. The standard InChI is InChI=1S/C28H28N2O2.C16H19NO3.C13H14BrNO3.C11H9BrO2.C3H7BrO/c1-32-14-13-30-18-25(20-7-8-20)24-16-22(10-12-27(24)30)28(31)17-23-15-21(9-11-26(23)29)19-5-3-2-4-6-19;1-19-8-7-17-10-14(11-3-4-11)13-9-12(16(18)20-2)5-6-15(13)17;1-17-6-5-15-8-11(14)10-7-9(13(16)18-2)3-4-12(10)15;1-14-11(13)8-3-2-7-4-5-10(12)9(7)6-8;1-5-3-2-4/h2-6,9-12,15-16,18,20H,7-8,13-14,17,29H2,1H3;5-6,9-11H,3-4,7-8H2,1-2H3;3-4,7-8H,5-6H2,1-2H3;2-3,5-6H,4H2,1H3;2-3H2,1H3. The van der Waals surface area contributed by atoms with Crippen LogP contribution in [0.1, 0.15) is 107 Å². The van der Waals surface area contributed by atoms with Crippen molar-refractivity contribution in [1.82, 2.24) is 13.7 Å². The molecule has 0 bridgehead atoms. The van der Waals surface area contributed by atoms with Crippen molar-refractivity contribution in [3.8, 4) is 11.1 Å². The summed E-state index contributed by atoms with van der Waals surface area (Å²) in [5.74, 6) is 0.459. The van der Waals surface area contributed by atoms with Gasteiger partial charge in [-0.1, -0.05) is 80.4 Å². The highest BCUT2D eigenvalue weighted by Crippen LogP contribution is 2.45. The maximum absolute atomic E-state index is 13.3. The minimum Gasteiger partial charge on any atom is -0.465 e. The van der Waals surface area contributed by atoms with E-state index < -0.39 is 0 Å². The molecule has 3 aromatic heterocycles. The van der Waals surface area contributed by atoms with Gasteiger partial charge in [0.1, 0.15) is 0 Å². The SMILES string of the molecule is COC(=O)c1ccc2c(c1)C(Br)=CC2.COCCBr.COCCn1cc(Br)c2cc(C(=O)OC)ccc21.COCCn1cc(C2CC2)c2cc(C(=O)Cc3cc(-c4ccccc4)ccc3N)ccc21.COCCn1cc(C2CC2)c2cc(C(=O)OC)ccc21. The molecule has 3 aliphatic carbocycles. The molecule has 3 heterocycles. The number of fused-ring (bicyclic) bond motifs is 4. The van der Waals surface area contributed by atoms with Gasteiger partial charge in [-0.15, -0.1) is 0 Å². The van der Waals surface area contributed by atoms with E-state index in [0.29, 0.717) is 60.5 Å². The van der Waals surface area contributed by atoms with Gasteiger partial charge in [0.25, 0.3) is 0 Å². The van der Waals surface area contributed by atoms with Crippen LogP contribution in [0, 0.1) is 0 Å². The Kier molecular flexibility index (Phi) is 25.2. The molecule has 0 amide bonds. The van der Waals surface area contributed by atoms with Gasteiger partial charge < -0.3 is 52.6 Å². The molecule has 468 valence electrons. The van der Waals surface area contributed by atoms with Crippen LogP contribution >= 0.6 is 47.8 Å². The second-order valence-corrected chi connectivity index (χ2v) is 24.1. The highest BCUT2D eigenvalue weighted by Gasteiger charge is 2.29. The number of hydrogen-bond donors (Lipinski definition) is 1. The monoisotopic (exact) mass is 1400 g/mol. The number of rotatable bonds is 20. The number of nitrogens with two attached hydrogens (primary N) is 1. The van der Waals surface area contributed by atoms with E-state index in [2.05, 4.69) is 114 Å². The first-order valence-corrected chi connectivity index (χ1v) is 32.2. The lowest BCUT2D eigenvalue weighted by Crippen LogP contribution is -2.06. The Morgan fingerprint density at radius 3 is 1.45 bits per heavy atom. The average Bonchev–Trinajstić information content (AvgIpc) is 2.36. The second-order valence-electron chi connectivity index (χ2n) is 21.6. The van der Waals surface area contributed by atoms with Crippen molar-refractivity contribution in [1.29, 1.82) is 0 Å². The summed E-state index contributed by atoms with van der Waals surface area (Å²) in [7, 11) is 11.0. The first-order chi connectivity index (χ1) is 43.2. The van der Waals surface area contributed by atoms with Crippen LogP contribution in [-0.2, 0) is 65.6 Å². The van der Waals surface area contributed by atoms with E-state index in [4.69, 9.17) is 29.4 Å². The van der Waals surface area contributed by atoms with Crippen molar-refractivity contribution in [3.63, 3.8) is 0 Å². The van der Waals surface area contributed by atoms with E-state index in [9.17, 15) is 19.2 Å². The second kappa shape index (κ2) is 33.1. The minimum atomic E-state index is -0.326. The Balaban J connectivity index is 0.000000156. The molecule has 9 aromatic rings. The van der Waals surface area contributed by atoms with Crippen molar-refractivity contribution in [2.75, 3.05) is 87.3 Å². The summed E-state index contributed by atoms with van der Waals surface area (Å²) in [6.07, 6.45) is 14.7. The summed E-state index contributed by atoms with van der Waals surface area (Å²) in [5.41, 5.74) is 20.9. The van der Waals surface area contributed by atoms with Gasteiger partial charge in [0.15, 0.2) is 5.78 Å². The average molecular weight is 1400 g/mol. The van der Waals surface area contributed by atoms with Crippen LogP contribution < -0.4 is 5.73 Å². The van der Waals surface area contributed by atoms with Crippen LogP contribution in [-0.4, -0.2) is 119 Å². The molecule has 18 heteroatoms. The molecule has 3 aliphatic rings. The molecule has 6 aromatic carbocycles. The number of Topliss-reactive ketones (excluding diaryl/α,β-unsaturated/α-hetero) is 1. The van der Waals surface area contributed by atoms with Crippen LogP contribution in [0.15, 0.2) is 150 Å². The molecule has 0 radical (unpaired) electrons. The molecule has 0 spiro atoms. The van der Waals surface area contributed by atoms with Gasteiger partial charge in [-0.3, -0.25) is 4.79 Å². The lowest BCUT2D eigenvalue weighted by atomic mass is 9.96. The zero-order valence-electron chi connectivity index (χ0n) is 51.5. The van der Waals surface area contributed by atoms with E-state index >= 15 is 0 Å². The summed E-state index contributed by atoms with van der Waals surface area (Å²) in [5, 5.41) is 4.30. The molecule has 89 heavy (non-hydrogen) atoms. The highest BCUT2D eigenvalue weighted by molar-refractivity contribution is 9.15. The fraction of sp³-hybridized carbons (Fsp3) is 0.324. The van der Waals surface area contributed by atoms with Crippen LogP contribution in [0.3, 0.4) is 0 Å². The number of carbonyl (C=O) groups is 4. The zero-order valence-corrected chi connectivity index (χ0v) is 56.2. The lowest BCUT2D eigenvalue weighted by Gasteiger charge is -2.10. The van der Waals surface area contributed by atoms with E-state index in [1.54, 1.807) is 40.6 Å². The number of ether oxygens (including phenoxy) is 7. The number of nitrogens with zero attached hydrogens (tertiary/aromatic N) is 3. The number of alkyl halides is 1. The fourth-order valence-corrected chi connectivity index (χ4v) is 12.0. The zero-order chi connectivity index (χ0) is 63.6. The maximum atomic E-state index is 13.3. The fourth-order valence-electron chi connectivity index (χ4n) is 10.6. The Labute approximate surface area is 545 Å². The topological polar surface area (TPSA) is 174 Å².